The van der Waals surface area contributed by atoms with Crippen molar-refractivity contribution in [3.05, 3.63) is 30.3 Å². The first-order valence-electron chi connectivity index (χ1n) is 2.58. The van der Waals surface area contributed by atoms with Crippen molar-refractivity contribution in [3.8, 4) is 5.40 Å². The lowest BCUT2D eigenvalue weighted by atomic mass is 10.4. The summed E-state index contributed by atoms with van der Waals surface area (Å²) < 4.78 is 0. The van der Waals surface area contributed by atoms with Crippen LogP contribution in [0.3, 0.4) is 0 Å². The van der Waals surface area contributed by atoms with Crippen LogP contribution in [0.5, 0.6) is 0 Å². The zero-order valence-corrected chi connectivity index (χ0v) is 7.02. The van der Waals surface area contributed by atoms with Gasteiger partial charge >= 0.3 is 0 Å². The Balaban J connectivity index is 0.000000236. The van der Waals surface area contributed by atoms with Crippen molar-refractivity contribution in [3.63, 3.8) is 0 Å². The zero-order valence-electron chi connectivity index (χ0n) is 5.23. The SMILES string of the molecule is N#CS.Sc1ccccc1. The fraction of sp³-hybridized carbons (Fsp3) is 0. The molecule has 52 valence electrons. The minimum atomic E-state index is 1.02. The topological polar surface area (TPSA) is 23.8 Å². The summed E-state index contributed by atoms with van der Waals surface area (Å²) >= 11 is 7.18. The molecule has 0 aliphatic rings. The van der Waals surface area contributed by atoms with E-state index in [1.54, 1.807) is 0 Å². The molecule has 3 heteroatoms. The smallest absolute Gasteiger partial charge is 0.130 e. The highest BCUT2D eigenvalue weighted by Gasteiger charge is 1.73. The number of rotatable bonds is 0. The van der Waals surface area contributed by atoms with Gasteiger partial charge in [-0.3, -0.25) is 0 Å². The number of hydrogen-bond acceptors (Lipinski definition) is 3. The van der Waals surface area contributed by atoms with Crippen LogP contribution in [0.1, 0.15) is 0 Å². The Morgan fingerprint density at radius 3 is 1.80 bits per heavy atom. The molecule has 0 spiro atoms. The summed E-state index contributed by atoms with van der Waals surface area (Å²) in [5, 5.41) is 8.63. The maximum Gasteiger partial charge on any atom is 0.130 e. The lowest BCUT2D eigenvalue weighted by Gasteiger charge is -1.81. The van der Waals surface area contributed by atoms with E-state index in [0.717, 1.165) is 4.90 Å². The van der Waals surface area contributed by atoms with Gasteiger partial charge in [-0.15, -0.1) is 12.6 Å². The van der Waals surface area contributed by atoms with Gasteiger partial charge in [0.25, 0.3) is 0 Å². The van der Waals surface area contributed by atoms with Gasteiger partial charge in [0.1, 0.15) is 5.40 Å². The number of benzene rings is 1. The fourth-order valence-corrected chi connectivity index (χ4v) is 0.600. The van der Waals surface area contributed by atoms with E-state index in [1.165, 1.54) is 5.40 Å². The van der Waals surface area contributed by atoms with Crippen LogP contribution in [0.25, 0.3) is 0 Å². The molecule has 0 amide bonds. The molecule has 0 saturated heterocycles. The van der Waals surface area contributed by atoms with Crippen molar-refractivity contribution in [2.75, 3.05) is 0 Å². The van der Waals surface area contributed by atoms with Gasteiger partial charge in [0.15, 0.2) is 0 Å². The molecule has 1 nitrogen and oxygen atoms in total. The molecule has 0 radical (unpaired) electrons. The van der Waals surface area contributed by atoms with Crippen molar-refractivity contribution in [1.29, 1.82) is 5.26 Å². The van der Waals surface area contributed by atoms with Gasteiger partial charge < -0.3 is 0 Å². The average molecular weight is 169 g/mol. The van der Waals surface area contributed by atoms with Crippen LogP contribution in [0, 0.1) is 10.7 Å². The summed E-state index contributed by atoms with van der Waals surface area (Å²) in [6.07, 6.45) is 0. The molecule has 1 aromatic rings. The molecule has 0 bridgehead atoms. The second-order valence-electron chi connectivity index (χ2n) is 1.44. The minimum absolute atomic E-state index is 1.02. The molecule has 0 aliphatic carbocycles. The molecule has 0 fully saturated rings. The van der Waals surface area contributed by atoms with E-state index < -0.39 is 0 Å². The van der Waals surface area contributed by atoms with Crippen molar-refractivity contribution >= 4 is 25.3 Å². The average Bonchev–Trinajstić information content (AvgIpc) is 1.91. The van der Waals surface area contributed by atoms with Crippen LogP contribution in [0.2, 0.25) is 0 Å². The first kappa shape index (κ1) is 9.41. The largest absolute Gasteiger partial charge is 0.185 e. The normalized spacial score (nSPS) is 6.90. The highest BCUT2D eigenvalue weighted by molar-refractivity contribution is 7.85. The molecule has 1 aromatic carbocycles. The summed E-state index contributed by atoms with van der Waals surface area (Å²) in [4.78, 5) is 1.02. The molecule has 0 saturated carbocycles. The molecule has 0 aliphatic heterocycles. The van der Waals surface area contributed by atoms with Crippen LogP contribution in [0.4, 0.5) is 0 Å². The summed E-state index contributed by atoms with van der Waals surface area (Å²) in [7, 11) is 0. The zero-order chi connectivity index (χ0) is 7.82. The summed E-state index contributed by atoms with van der Waals surface area (Å²) in [5.74, 6) is 0. The number of nitriles is 1. The maximum atomic E-state index is 7.18. The van der Waals surface area contributed by atoms with E-state index in [9.17, 15) is 0 Å². The number of thiol groups is 2. The molecule has 1 rings (SSSR count). The third kappa shape index (κ3) is 5.54. The van der Waals surface area contributed by atoms with Crippen LogP contribution in [-0.4, -0.2) is 0 Å². The lowest BCUT2D eigenvalue weighted by molar-refractivity contribution is 1.48. The second kappa shape index (κ2) is 6.53. The summed E-state index contributed by atoms with van der Waals surface area (Å²) in [6.45, 7) is 0. The third-order valence-corrected chi connectivity index (χ3v) is 1.05. The Kier molecular flexibility index (Phi) is 6.14. The van der Waals surface area contributed by atoms with Crippen LogP contribution in [0.15, 0.2) is 35.2 Å². The van der Waals surface area contributed by atoms with Crippen molar-refractivity contribution in [1.82, 2.24) is 0 Å². The van der Waals surface area contributed by atoms with E-state index in [1.807, 2.05) is 30.3 Å². The quantitative estimate of drug-likeness (QED) is 0.452. The van der Waals surface area contributed by atoms with E-state index in [4.69, 9.17) is 5.26 Å². The second-order valence-corrected chi connectivity index (χ2v) is 2.15. The molecular weight excluding hydrogens is 162 g/mol. The van der Waals surface area contributed by atoms with Gasteiger partial charge in [-0.25, -0.2) is 0 Å². The van der Waals surface area contributed by atoms with Gasteiger partial charge in [-0.1, -0.05) is 30.8 Å². The van der Waals surface area contributed by atoms with Crippen molar-refractivity contribution < 1.29 is 0 Å². The fourth-order valence-electron chi connectivity index (χ4n) is 0.428. The Morgan fingerprint density at radius 2 is 1.60 bits per heavy atom. The molecular formula is C7H7NS2. The first-order valence-corrected chi connectivity index (χ1v) is 3.48. The summed E-state index contributed by atoms with van der Waals surface area (Å²) in [5.41, 5.74) is 0. The van der Waals surface area contributed by atoms with Gasteiger partial charge in [0.05, 0.1) is 0 Å². The van der Waals surface area contributed by atoms with Gasteiger partial charge in [0, 0.05) is 4.90 Å². The van der Waals surface area contributed by atoms with Gasteiger partial charge in [-0.2, -0.15) is 5.26 Å². The van der Waals surface area contributed by atoms with Gasteiger partial charge in [-0.05, 0) is 12.1 Å². The van der Waals surface area contributed by atoms with E-state index in [0.29, 0.717) is 0 Å². The third-order valence-electron chi connectivity index (χ3n) is 0.756. The van der Waals surface area contributed by atoms with Crippen LogP contribution < -0.4 is 0 Å². The van der Waals surface area contributed by atoms with E-state index in [-0.39, 0.29) is 0 Å². The monoisotopic (exact) mass is 169 g/mol. The predicted molar refractivity (Wildman–Crippen MR) is 48.3 cm³/mol. The molecule has 10 heavy (non-hydrogen) atoms. The Bertz CT molecular complexity index is 203. The van der Waals surface area contributed by atoms with Crippen LogP contribution in [-0.2, 0) is 0 Å². The first-order chi connectivity index (χ1) is 4.81. The molecule has 0 N–H and O–H groups in total. The molecule has 0 unspecified atom stereocenters. The Morgan fingerprint density at radius 1 is 1.20 bits per heavy atom. The number of hydrogen-bond donors (Lipinski definition) is 2. The number of thiocyanates is 1. The molecule has 0 heterocycles. The Labute approximate surface area is 71.5 Å². The van der Waals surface area contributed by atoms with E-state index >= 15 is 0 Å². The van der Waals surface area contributed by atoms with E-state index in [2.05, 4.69) is 25.3 Å². The lowest BCUT2D eigenvalue weighted by Crippen LogP contribution is -1.56. The Hall–Kier alpha value is -0.590. The molecule has 0 aromatic heterocycles. The maximum absolute atomic E-state index is 7.18. The highest BCUT2D eigenvalue weighted by Crippen LogP contribution is 2.00. The highest BCUT2D eigenvalue weighted by atomic mass is 32.1. The molecule has 0 atom stereocenters. The number of nitrogens with zero attached hydrogens (tertiary/aromatic N) is 1. The van der Waals surface area contributed by atoms with Crippen LogP contribution >= 0.6 is 25.3 Å². The van der Waals surface area contributed by atoms with Crippen molar-refractivity contribution in [2.24, 2.45) is 0 Å². The predicted octanol–water partition coefficient (Wildman–Crippen LogP) is 2.37. The summed E-state index contributed by atoms with van der Waals surface area (Å²) in [6, 6.07) is 9.79. The standard InChI is InChI=1S/C6H6S.CHNS/c7-6-4-2-1-3-5-6;2-1-3/h1-5,7H;3H. The minimum Gasteiger partial charge on any atom is -0.185 e. The van der Waals surface area contributed by atoms with Gasteiger partial charge in [0.2, 0.25) is 0 Å². The van der Waals surface area contributed by atoms with Crippen molar-refractivity contribution in [2.45, 2.75) is 4.90 Å².